The van der Waals surface area contributed by atoms with Gasteiger partial charge in [0, 0.05) is 36.1 Å². The average molecular weight is 719 g/mol. The molecule has 1 unspecified atom stereocenters. The molecule has 0 radical (unpaired) electrons. The molecule has 5 rings (SSSR count). The van der Waals surface area contributed by atoms with E-state index in [0.717, 1.165) is 52.1 Å². The van der Waals surface area contributed by atoms with E-state index in [4.69, 9.17) is 4.74 Å². The van der Waals surface area contributed by atoms with Crippen LogP contribution in [0.3, 0.4) is 0 Å². The molecule has 1 aromatic heterocycles. The molecule has 1 aliphatic rings. The Morgan fingerprint density at radius 3 is 2.43 bits per heavy atom. The van der Waals surface area contributed by atoms with Crippen LogP contribution < -0.4 is 15.0 Å². The fraction of sp³-hybridized carbons (Fsp3) is 0.361. The van der Waals surface area contributed by atoms with E-state index in [-0.39, 0.29) is 18.1 Å². The molecule has 0 saturated carbocycles. The largest absolute Gasteiger partial charge is 0.493 e. The van der Waals surface area contributed by atoms with E-state index in [0.29, 0.717) is 31.6 Å². The Hall–Kier alpha value is -4.89. The number of carbonyl (C=O) groups excluding carboxylic acids is 2. The first-order valence-electron chi connectivity index (χ1n) is 16.1. The summed E-state index contributed by atoms with van der Waals surface area (Å²) in [6.07, 6.45) is -10.9. The van der Waals surface area contributed by atoms with Crippen molar-refractivity contribution in [2.75, 3.05) is 23.4 Å². The highest BCUT2D eigenvalue weighted by Gasteiger charge is 2.75. The Morgan fingerprint density at radius 1 is 1.00 bits per heavy atom. The minimum Gasteiger partial charge on any atom is -0.493 e. The summed E-state index contributed by atoms with van der Waals surface area (Å²) in [5.74, 6) is -1.30. The van der Waals surface area contributed by atoms with Gasteiger partial charge in [-0.1, -0.05) is 36.4 Å². The Morgan fingerprint density at radius 2 is 1.71 bits per heavy atom. The van der Waals surface area contributed by atoms with Crippen molar-refractivity contribution in [3.05, 3.63) is 95.3 Å². The molecular weight excluding hydrogens is 682 g/mol. The lowest BCUT2D eigenvalue weighted by molar-refractivity contribution is -0.385. The van der Waals surface area contributed by atoms with Crippen LogP contribution in [0, 0.1) is 13.8 Å². The van der Waals surface area contributed by atoms with Gasteiger partial charge < -0.3 is 25.2 Å². The van der Waals surface area contributed by atoms with Gasteiger partial charge in [-0.25, -0.2) is 0 Å². The fourth-order valence-electron chi connectivity index (χ4n) is 5.97. The first-order valence-corrected chi connectivity index (χ1v) is 16.1. The number of aliphatic hydroxyl groups is 2. The van der Waals surface area contributed by atoms with Gasteiger partial charge in [0.25, 0.3) is 11.5 Å². The van der Waals surface area contributed by atoms with E-state index in [1.165, 1.54) is 18.2 Å². The topological polar surface area (TPSA) is 117 Å². The van der Waals surface area contributed by atoms with Crippen molar-refractivity contribution in [2.45, 2.75) is 70.1 Å². The van der Waals surface area contributed by atoms with Crippen molar-refractivity contribution >= 4 is 23.2 Å². The third-order valence-electron chi connectivity index (χ3n) is 8.89. The van der Waals surface area contributed by atoms with Gasteiger partial charge in [0.2, 0.25) is 5.91 Å². The number of hydrogen-bond acceptors (Lipinski definition) is 6. The van der Waals surface area contributed by atoms with Crippen molar-refractivity contribution in [3.63, 3.8) is 0 Å². The number of nitrogens with zero attached hydrogens (tertiary/aromatic N) is 3. The van der Waals surface area contributed by atoms with Crippen LogP contribution in [0.25, 0.3) is 11.1 Å². The van der Waals surface area contributed by atoms with Gasteiger partial charge in [0.1, 0.15) is 5.75 Å². The SMILES string of the molecule is Cc1cccc(OCCCC(=O)N2CCCc3c(-c4cnn(Cc5cccc(NC(=O)C(O)C(O)(C(F)(F)F)C(F)(F)F)c5)c4)cccc32)c1C. The van der Waals surface area contributed by atoms with E-state index in [1.807, 2.05) is 50.2 Å². The number of aryl methyl sites for hydroxylation is 1. The molecule has 3 N–H and O–H groups in total. The van der Waals surface area contributed by atoms with E-state index in [2.05, 4.69) is 5.10 Å². The minimum atomic E-state index is -6.38. The van der Waals surface area contributed by atoms with Crippen LogP contribution in [0.4, 0.5) is 37.7 Å². The molecular formula is C36H36F6N4O5. The maximum atomic E-state index is 13.3. The number of alkyl halides is 6. The summed E-state index contributed by atoms with van der Waals surface area (Å²) in [6, 6.07) is 17.0. The first kappa shape index (κ1) is 37.4. The van der Waals surface area contributed by atoms with Crippen LogP contribution in [0.15, 0.2) is 73.1 Å². The van der Waals surface area contributed by atoms with E-state index in [1.54, 1.807) is 33.4 Å². The highest BCUT2D eigenvalue weighted by Crippen LogP contribution is 2.45. The van der Waals surface area contributed by atoms with Crippen LogP contribution in [0.1, 0.15) is 41.5 Å². The minimum absolute atomic E-state index is 0.00524. The van der Waals surface area contributed by atoms with Crippen LogP contribution >= 0.6 is 0 Å². The molecule has 272 valence electrons. The van der Waals surface area contributed by atoms with Crippen LogP contribution in [0.5, 0.6) is 5.75 Å². The second-order valence-electron chi connectivity index (χ2n) is 12.4. The van der Waals surface area contributed by atoms with Crippen molar-refractivity contribution in [3.8, 4) is 16.9 Å². The molecule has 0 bridgehead atoms. The van der Waals surface area contributed by atoms with Crippen LogP contribution in [-0.2, 0) is 22.6 Å². The summed E-state index contributed by atoms with van der Waals surface area (Å²) in [5, 5.41) is 25.2. The number of halogens is 6. The van der Waals surface area contributed by atoms with Gasteiger partial charge in [0.05, 0.1) is 19.3 Å². The fourth-order valence-corrected chi connectivity index (χ4v) is 5.97. The summed E-state index contributed by atoms with van der Waals surface area (Å²) in [4.78, 5) is 27.4. The lowest BCUT2D eigenvalue weighted by Crippen LogP contribution is -2.67. The van der Waals surface area contributed by atoms with E-state index < -0.39 is 30.0 Å². The molecule has 0 saturated heterocycles. The monoisotopic (exact) mass is 718 g/mol. The van der Waals surface area contributed by atoms with Crippen LogP contribution in [0.2, 0.25) is 0 Å². The average Bonchev–Trinajstić information content (AvgIpc) is 3.54. The third kappa shape index (κ3) is 7.89. The number of rotatable bonds is 11. The van der Waals surface area contributed by atoms with Crippen molar-refractivity contribution in [2.24, 2.45) is 0 Å². The molecule has 0 spiro atoms. The van der Waals surface area contributed by atoms with Gasteiger partial charge in [-0.2, -0.15) is 31.4 Å². The van der Waals surface area contributed by atoms with Gasteiger partial charge in [0.15, 0.2) is 6.10 Å². The molecule has 1 atom stereocenters. The van der Waals surface area contributed by atoms with Gasteiger partial charge in [-0.15, -0.1) is 0 Å². The first-order chi connectivity index (χ1) is 24.0. The lowest BCUT2D eigenvalue weighted by Gasteiger charge is -2.35. The summed E-state index contributed by atoms with van der Waals surface area (Å²) in [7, 11) is 0. The Labute approximate surface area is 289 Å². The van der Waals surface area contributed by atoms with Crippen LogP contribution in [-0.4, -0.2) is 69.0 Å². The predicted molar refractivity (Wildman–Crippen MR) is 176 cm³/mol. The van der Waals surface area contributed by atoms with Crippen molar-refractivity contribution in [1.82, 2.24) is 9.78 Å². The third-order valence-corrected chi connectivity index (χ3v) is 8.89. The number of hydrogen-bond donors (Lipinski definition) is 3. The van der Waals surface area contributed by atoms with Crippen molar-refractivity contribution < 1.29 is 50.9 Å². The smallest absolute Gasteiger partial charge is 0.429 e. The molecule has 15 heteroatoms. The zero-order chi connectivity index (χ0) is 37.1. The summed E-state index contributed by atoms with van der Waals surface area (Å²) in [6.45, 7) is 5.11. The standard InChI is InChI=1S/C36H36F6N4O5/c1-22-8-3-14-30(23(22)2)51-17-7-15-31(47)46-16-6-12-28-27(11-5-13-29(28)46)25-19-43-45(21-25)20-24-9-4-10-26(18-24)44-33(49)32(48)34(50,35(37,38)39)36(40,41)42/h3-5,8-11,13-14,18-19,21,32,48,50H,6-7,12,15-17,20H2,1-2H3,(H,44,49). The molecule has 4 aromatic rings. The zero-order valence-corrected chi connectivity index (χ0v) is 27.7. The number of nitrogens with one attached hydrogen (secondary N) is 1. The zero-order valence-electron chi connectivity index (χ0n) is 27.7. The maximum Gasteiger partial charge on any atom is 0.429 e. The molecule has 51 heavy (non-hydrogen) atoms. The van der Waals surface area contributed by atoms with Crippen molar-refractivity contribution in [1.29, 1.82) is 0 Å². The number of ether oxygens (including phenoxy) is 1. The Balaban J connectivity index is 1.24. The molecule has 9 nitrogen and oxygen atoms in total. The molecule has 2 heterocycles. The van der Waals surface area contributed by atoms with Gasteiger partial charge in [-0.05, 0) is 85.2 Å². The molecule has 0 fully saturated rings. The number of fused-ring (bicyclic) bond motifs is 1. The number of carbonyl (C=O) groups is 2. The number of benzene rings is 3. The summed E-state index contributed by atoms with van der Waals surface area (Å²) < 4.78 is 86.2. The molecule has 1 aliphatic heterocycles. The highest BCUT2D eigenvalue weighted by atomic mass is 19.4. The second kappa shape index (κ2) is 14.8. The number of amides is 2. The number of aromatic nitrogens is 2. The maximum absolute atomic E-state index is 13.3. The Bertz CT molecular complexity index is 1880. The molecule has 3 aromatic carbocycles. The van der Waals surface area contributed by atoms with Gasteiger partial charge in [-0.3, -0.25) is 14.3 Å². The quantitative estimate of drug-likeness (QED) is 0.120. The predicted octanol–water partition coefficient (Wildman–Crippen LogP) is 6.51. The normalized spacial score (nSPS) is 14.2. The van der Waals surface area contributed by atoms with Gasteiger partial charge >= 0.3 is 12.4 Å². The van der Waals surface area contributed by atoms with E-state index in [9.17, 15) is 46.1 Å². The lowest BCUT2D eigenvalue weighted by atomic mass is 9.93. The Kier molecular flexibility index (Phi) is 10.8. The second-order valence-corrected chi connectivity index (χ2v) is 12.4. The molecule has 2 amide bonds. The number of anilines is 2. The summed E-state index contributed by atoms with van der Waals surface area (Å²) in [5.41, 5.74) is 0.223. The highest BCUT2D eigenvalue weighted by molar-refractivity contribution is 5.96. The molecule has 0 aliphatic carbocycles. The van der Waals surface area contributed by atoms with E-state index >= 15 is 0 Å². The summed E-state index contributed by atoms with van der Waals surface area (Å²) >= 11 is 0. The number of aliphatic hydroxyl groups excluding tert-OH is 1.